The number of hydrogen-bond acceptors (Lipinski definition) is 3. The summed E-state index contributed by atoms with van der Waals surface area (Å²) in [5.74, 6) is 0. The van der Waals surface area contributed by atoms with Crippen LogP contribution in [0.25, 0.3) is 11.6 Å². The molecule has 2 nitrogen and oxygen atoms in total. The molecule has 0 amide bonds. The van der Waals surface area contributed by atoms with E-state index < -0.39 is 5.51 Å². The minimum absolute atomic E-state index is 0.107. The second kappa shape index (κ2) is 6.46. The summed E-state index contributed by atoms with van der Waals surface area (Å²) in [6, 6.07) is 13.0. The summed E-state index contributed by atoms with van der Waals surface area (Å²) in [5.41, 5.74) is -2.78. The zero-order chi connectivity index (χ0) is 15.3. The Morgan fingerprint density at radius 3 is 2.38 bits per heavy atom. The molecule has 0 atom stereocenters. The first-order valence-corrected chi connectivity index (χ1v) is 6.68. The van der Waals surface area contributed by atoms with Gasteiger partial charge in [-0.3, -0.25) is 4.98 Å². The highest BCUT2D eigenvalue weighted by atomic mass is 32.2. The normalized spacial score (nSPS) is 12.0. The summed E-state index contributed by atoms with van der Waals surface area (Å²) < 4.78 is 36.7. The number of rotatable bonds is 3. The number of halogens is 3. The summed E-state index contributed by atoms with van der Waals surface area (Å²) in [7, 11) is 0. The van der Waals surface area contributed by atoms with Gasteiger partial charge in [0.25, 0.3) is 0 Å². The van der Waals surface area contributed by atoms with Gasteiger partial charge < -0.3 is 0 Å². The summed E-state index contributed by atoms with van der Waals surface area (Å²) in [4.78, 5) is 4.18. The fraction of sp³-hybridized carbons (Fsp3) is 0.0667. The van der Waals surface area contributed by atoms with Gasteiger partial charge in [-0.2, -0.15) is 18.4 Å². The fourth-order valence-electron chi connectivity index (χ4n) is 1.62. The maximum absolute atomic E-state index is 12.2. The Hall–Kier alpha value is -2.26. The predicted molar refractivity (Wildman–Crippen MR) is 76.1 cm³/mol. The Labute approximate surface area is 123 Å². The Bertz CT molecular complexity index is 671. The van der Waals surface area contributed by atoms with Gasteiger partial charge in [0.2, 0.25) is 0 Å². The molecular weight excluding hydrogens is 297 g/mol. The maximum atomic E-state index is 12.2. The zero-order valence-electron chi connectivity index (χ0n) is 10.6. The number of hydrogen-bond donors (Lipinski definition) is 0. The lowest BCUT2D eigenvalue weighted by Gasteiger charge is -2.05. The number of nitriles is 1. The Kier molecular flexibility index (Phi) is 4.66. The largest absolute Gasteiger partial charge is 0.446 e. The van der Waals surface area contributed by atoms with Crippen LogP contribution in [-0.4, -0.2) is 10.5 Å². The number of nitrogens with zero attached hydrogens (tertiary/aromatic N) is 2. The molecule has 0 aliphatic heterocycles. The van der Waals surface area contributed by atoms with E-state index in [9.17, 15) is 13.2 Å². The molecule has 2 aromatic rings. The van der Waals surface area contributed by atoms with Gasteiger partial charge in [0.15, 0.2) is 0 Å². The van der Waals surface area contributed by atoms with Gasteiger partial charge in [-0.15, -0.1) is 0 Å². The maximum Gasteiger partial charge on any atom is 0.446 e. The van der Waals surface area contributed by atoms with Crippen molar-refractivity contribution in [3.63, 3.8) is 0 Å². The third-order valence-electron chi connectivity index (χ3n) is 2.49. The SMILES string of the molecule is N#C/C(=C\c1ccc(SC(F)(F)F)cc1)c1ccccn1. The van der Waals surface area contributed by atoms with Crippen molar-refractivity contribution in [1.82, 2.24) is 4.98 Å². The lowest BCUT2D eigenvalue weighted by atomic mass is 10.1. The molecule has 21 heavy (non-hydrogen) atoms. The van der Waals surface area contributed by atoms with Crippen molar-refractivity contribution in [2.75, 3.05) is 0 Å². The number of thioether (sulfide) groups is 1. The lowest BCUT2D eigenvalue weighted by molar-refractivity contribution is -0.0328. The van der Waals surface area contributed by atoms with E-state index in [2.05, 4.69) is 4.98 Å². The quantitative estimate of drug-likeness (QED) is 0.606. The molecule has 0 radical (unpaired) electrons. The van der Waals surface area contributed by atoms with E-state index >= 15 is 0 Å². The van der Waals surface area contributed by atoms with E-state index in [0.29, 0.717) is 16.8 Å². The molecule has 1 aromatic carbocycles. The molecule has 1 heterocycles. The van der Waals surface area contributed by atoms with Crippen molar-refractivity contribution in [3.8, 4) is 6.07 Å². The van der Waals surface area contributed by atoms with Crippen molar-refractivity contribution >= 4 is 23.4 Å². The molecular formula is C15H9F3N2S. The van der Waals surface area contributed by atoms with E-state index in [1.165, 1.54) is 24.3 Å². The number of pyridine rings is 1. The predicted octanol–water partition coefficient (Wildman–Crippen LogP) is 4.76. The molecule has 0 aliphatic carbocycles. The molecule has 0 N–H and O–H groups in total. The third-order valence-corrected chi connectivity index (χ3v) is 3.23. The second-order valence-electron chi connectivity index (χ2n) is 4.00. The molecule has 0 spiro atoms. The van der Waals surface area contributed by atoms with Crippen LogP contribution in [-0.2, 0) is 0 Å². The van der Waals surface area contributed by atoms with Crippen LogP contribution in [0.3, 0.4) is 0 Å². The van der Waals surface area contributed by atoms with Gasteiger partial charge >= 0.3 is 5.51 Å². The van der Waals surface area contributed by atoms with Crippen molar-refractivity contribution in [1.29, 1.82) is 5.26 Å². The highest BCUT2D eigenvalue weighted by Gasteiger charge is 2.28. The molecule has 2 rings (SSSR count). The molecule has 1 aromatic heterocycles. The summed E-state index contributed by atoms with van der Waals surface area (Å²) in [6.45, 7) is 0. The highest BCUT2D eigenvalue weighted by Crippen LogP contribution is 2.36. The third kappa shape index (κ3) is 4.65. The second-order valence-corrected chi connectivity index (χ2v) is 5.14. The number of allylic oxidation sites excluding steroid dienone is 1. The Morgan fingerprint density at radius 2 is 1.86 bits per heavy atom. The van der Waals surface area contributed by atoms with E-state index in [1.54, 1.807) is 30.5 Å². The molecule has 106 valence electrons. The van der Waals surface area contributed by atoms with E-state index in [-0.39, 0.29) is 16.7 Å². The first-order valence-electron chi connectivity index (χ1n) is 5.87. The number of aromatic nitrogens is 1. The number of alkyl halides is 3. The lowest BCUT2D eigenvalue weighted by Crippen LogP contribution is -1.98. The van der Waals surface area contributed by atoms with Gasteiger partial charge in [0.05, 0.1) is 11.3 Å². The van der Waals surface area contributed by atoms with Crippen LogP contribution in [0.1, 0.15) is 11.3 Å². The van der Waals surface area contributed by atoms with Gasteiger partial charge in [-0.25, -0.2) is 0 Å². The van der Waals surface area contributed by atoms with Gasteiger partial charge in [0.1, 0.15) is 6.07 Å². The average Bonchev–Trinajstić information content (AvgIpc) is 2.46. The topological polar surface area (TPSA) is 36.7 Å². The smallest absolute Gasteiger partial charge is 0.256 e. The zero-order valence-corrected chi connectivity index (χ0v) is 11.4. The van der Waals surface area contributed by atoms with Crippen molar-refractivity contribution < 1.29 is 13.2 Å². The van der Waals surface area contributed by atoms with Gasteiger partial charge in [-0.05, 0) is 47.7 Å². The van der Waals surface area contributed by atoms with Crippen LogP contribution in [0.5, 0.6) is 0 Å². The van der Waals surface area contributed by atoms with Crippen LogP contribution in [0, 0.1) is 11.3 Å². The monoisotopic (exact) mass is 306 g/mol. The van der Waals surface area contributed by atoms with Crippen LogP contribution in [0.4, 0.5) is 13.2 Å². The van der Waals surface area contributed by atoms with Crippen molar-refractivity contribution in [2.24, 2.45) is 0 Å². The average molecular weight is 306 g/mol. The van der Waals surface area contributed by atoms with Crippen molar-refractivity contribution in [2.45, 2.75) is 10.4 Å². The van der Waals surface area contributed by atoms with E-state index in [1.807, 2.05) is 6.07 Å². The van der Waals surface area contributed by atoms with Gasteiger partial charge in [0, 0.05) is 11.1 Å². The van der Waals surface area contributed by atoms with E-state index in [0.717, 1.165) is 0 Å². The van der Waals surface area contributed by atoms with Gasteiger partial charge in [-0.1, -0.05) is 18.2 Å². The Balaban J connectivity index is 2.23. The minimum Gasteiger partial charge on any atom is -0.256 e. The summed E-state index contributed by atoms with van der Waals surface area (Å²) in [5, 5.41) is 9.14. The molecule has 0 bridgehead atoms. The van der Waals surface area contributed by atoms with Crippen LogP contribution < -0.4 is 0 Å². The first kappa shape index (κ1) is 15.1. The number of benzene rings is 1. The molecule has 0 unspecified atom stereocenters. The first-order chi connectivity index (χ1) is 9.98. The molecule has 0 aliphatic rings. The molecule has 0 saturated carbocycles. The molecule has 6 heteroatoms. The van der Waals surface area contributed by atoms with Crippen LogP contribution >= 0.6 is 11.8 Å². The summed E-state index contributed by atoms with van der Waals surface area (Å²) >= 11 is -0.168. The Morgan fingerprint density at radius 1 is 1.14 bits per heavy atom. The fourth-order valence-corrected chi connectivity index (χ4v) is 2.16. The molecule has 0 saturated heterocycles. The van der Waals surface area contributed by atoms with E-state index in [4.69, 9.17) is 5.26 Å². The van der Waals surface area contributed by atoms with Crippen LogP contribution in [0.15, 0.2) is 53.6 Å². The summed E-state index contributed by atoms with van der Waals surface area (Å²) in [6.07, 6.45) is 3.16. The van der Waals surface area contributed by atoms with Crippen molar-refractivity contribution in [3.05, 3.63) is 59.9 Å². The molecule has 0 fully saturated rings. The highest BCUT2D eigenvalue weighted by molar-refractivity contribution is 8.00. The standard InChI is InChI=1S/C15H9F3N2S/c16-15(17,18)21-13-6-4-11(5-7-13)9-12(10-19)14-3-1-2-8-20-14/h1-9H/b12-9+. The minimum atomic E-state index is -4.30. The van der Waals surface area contributed by atoms with Crippen LogP contribution in [0.2, 0.25) is 0 Å².